The predicted octanol–water partition coefficient (Wildman–Crippen LogP) is 3.32. The van der Waals surface area contributed by atoms with Crippen molar-refractivity contribution in [2.45, 2.75) is 26.3 Å². The maximum absolute atomic E-state index is 11.4. The minimum absolute atomic E-state index is 0.00416. The Hall–Kier alpha value is -1.81. The molecule has 5 heteroatoms. The van der Waals surface area contributed by atoms with E-state index in [0.29, 0.717) is 23.8 Å². The Labute approximate surface area is 117 Å². The highest BCUT2D eigenvalue weighted by atomic mass is 35.5. The van der Waals surface area contributed by atoms with E-state index in [2.05, 4.69) is 10.4 Å². The summed E-state index contributed by atoms with van der Waals surface area (Å²) in [7, 11) is 0. The van der Waals surface area contributed by atoms with E-state index in [1.54, 1.807) is 10.7 Å². The number of hydrogen-bond acceptors (Lipinski definition) is 2. The first kappa shape index (κ1) is 13.6. The molecule has 1 heterocycles. The number of rotatable bonds is 5. The quantitative estimate of drug-likeness (QED) is 0.911. The standard InChI is InChI=1S/C14H16ClN3O/c1-2-4-14(19)16-13-7-8-18(17-13)10-11-5-3-6-12(15)9-11/h3,5-9H,2,4,10H2,1H3,(H,16,17,19). The van der Waals surface area contributed by atoms with Gasteiger partial charge in [-0.3, -0.25) is 9.48 Å². The van der Waals surface area contributed by atoms with Crippen LogP contribution in [0, 0.1) is 0 Å². The highest BCUT2D eigenvalue weighted by molar-refractivity contribution is 6.30. The molecule has 1 aromatic heterocycles. The second-order valence-electron chi connectivity index (χ2n) is 4.33. The summed E-state index contributed by atoms with van der Waals surface area (Å²) in [6.07, 6.45) is 3.18. The van der Waals surface area contributed by atoms with Crippen molar-refractivity contribution in [2.24, 2.45) is 0 Å². The molecule has 0 saturated heterocycles. The zero-order valence-electron chi connectivity index (χ0n) is 10.8. The number of benzene rings is 1. The lowest BCUT2D eigenvalue weighted by Gasteiger charge is -2.03. The third kappa shape index (κ3) is 4.10. The Balaban J connectivity index is 1.99. The summed E-state index contributed by atoms with van der Waals surface area (Å²) < 4.78 is 1.77. The van der Waals surface area contributed by atoms with Gasteiger partial charge in [0.25, 0.3) is 0 Å². The molecule has 0 radical (unpaired) electrons. The Kier molecular flexibility index (Phi) is 4.58. The molecule has 0 bridgehead atoms. The van der Waals surface area contributed by atoms with Gasteiger partial charge in [-0.05, 0) is 24.1 Å². The fourth-order valence-corrected chi connectivity index (χ4v) is 1.98. The first-order valence-electron chi connectivity index (χ1n) is 6.25. The van der Waals surface area contributed by atoms with Gasteiger partial charge in [0.2, 0.25) is 5.91 Å². The van der Waals surface area contributed by atoms with Crippen LogP contribution in [0.1, 0.15) is 25.3 Å². The molecular formula is C14H16ClN3O. The average molecular weight is 278 g/mol. The van der Waals surface area contributed by atoms with Gasteiger partial charge in [0.05, 0.1) is 6.54 Å². The van der Waals surface area contributed by atoms with Crippen LogP contribution in [0.5, 0.6) is 0 Å². The van der Waals surface area contributed by atoms with Crippen LogP contribution in [0.4, 0.5) is 5.82 Å². The van der Waals surface area contributed by atoms with Crippen molar-refractivity contribution in [3.63, 3.8) is 0 Å². The van der Waals surface area contributed by atoms with Crippen molar-refractivity contribution in [1.29, 1.82) is 0 Å². The number of amides is 1. The van der Waals surface area contributed by atoms with Crippen LogP contribution in [0.15, 0.2) is 36.5 Å². The van der Waals surface area contributed by atoms with E-state index < -0.39 is 0 Å². The van der Waals surface area contributed by atoms with E-state index in [1.165, 1.54) is 0 Å². The molecule has 0 spiro atoms. The molecule has 100 valence electrons. The highest BCUT2D eigenvalue weighted by Gasteiger charge is 2.04. The third-order valence-corrected chi connectivity index (χ3v) is 2.85. The number of aromatic nitrogens is 2. The van der Waals surface area contributed by atoms with Crippen molar-refractivity contribution in [3.8, 4) is 0 Å². The molecule has 1 amide bonds. The largest absolute Gasteiger partial charge is 0.309 e. The number of carbonyl (C=O) groups is 1. The van der Waals surface area contributed by atoms with Crippen LogP contribution in [-0.2, 0) is 11.3 Å². The van der Waals surface area contributed by atoms with Crippen LogP contribution in [0.25, 0.3) is 0 Å². The normalized spacial score (nSPS) is 10.4. The van der Waals surface area contributed by atoms with E-state index in [0.717, 1.165) is 12.0 Å². The number of nitrogens with zero attached hydrogens (tertiary/aromatic N) is 2. The Morgan fingerprint density at radius 1 is 1.42 bits per heavy atom. The van der Waals surface area contributed by atoms with Crippen LogP contribution < -0.4 is 5.32 Å². The van der Waals surface area contributed by atoms with Crippen molar-refractivity contribution < 1.29 is 4.79 Å². The Bertz CT molecular complexity index is 565. The molecule has 19 heavy (non-hydrogen) atoms. The second-order valence-corrected chi connectivity index (χ2v) is 4.76. The summed E-state index contributed by atoms with van der Waals surface area (Å²) in [6.45, 7) is 2.60. The summed E-state index contributed by atoms with van der Waals surface area (Å²) in [6, 6.07) is 9.43. The van der Waals surface area contributed by atoms with E-state index in [-0.39, 0.29) is 5.91 Å². The predicted molar refractivity (Wildman–Crippen MR) is 76.3 cm³/mol. The Morgan fingerprint density at radius 2 is 2.26 bits per heavy atom. The van der Waals surface area contributed by atoms with Crippen molar-refractivity contribution in [2.75, 3.05) is 5.32 Å². The van der Waals surface area contributed by atoms with E-state index in [9.17, 15) is 4.79 Å². The minimum atomic E-state index is -0.00416. The molecule has 2 aromatic rings. The monoisotopic (exact) mass is 277 g/mol. The zero-order valence-corrected chi connectivity index (χ0v) is 11.5. The van der Waals surface area contributed by atoms with Gasteiger partial charge in [-0.25, -0.2) is 0 Å². The van der Waals surface area contributed by atoms with E-state index in [1.807, 2.05) is 37.4 Å². The lowest BCUT2D eigenvalue weighted by molar-refractivity contribution is -0.116. The van der Waals surface area contributed by atoms with Crippen molar-refractivity contribution >= 4 is 23.3 Å². The number of nitrogens with one attached hydrogen (secondary N) is 1. The molecular weight excluding hydrogens is 262 g/mol. The molecule has 0 atom stereocenters. The fraction of sp³-hybridized carbons (Fsp3) is 0.286. The average Bonchev–Trinajstić information content (AvgIpc) is 2.76. The summed E-state index contributed by atoms with van der Waals surface area (Å²) in [5, 5.41) is 7.77. The van der Waals surface area contributed by atoms with Crippen molar-refractivity contribution in [1.82, 2.24) is 9.78 Å². The van der Waals surface area contributed by atoms with Crippen LogP contribution >= 0.6 is 11.6 Å². The summed E-state index contributed by atoms with van der Waals surface area (Å²) >= 11 is 5.93. The fourth-order valence-electron chi connectivity index (χ4n) is 1.77. The second kappa shape index (κ2) is 6.38. The number of halogens is 1. The number of hydrogen-bond donors (Lipinski definition) is 1. The molecule has 1 aromatic carbocycles. The number of carbonyl (C=O) groups excluding carboxylic acids is 1. The summed E-state index contributed by atoms with van der Waals surface area (Å²) in [5.74, 6) is 0.580. The van der Waals surface area contributed by atoms with Gasteiger partial charge in [0.15, 0.2) is 5.82 Å². The zero-order chi connectivity index (χ0) is 13.7. The lowest BCUT2D eigenvalue weighted by Crippen LogP contribution is -2.11. The van der Waals surface area contributed by atoms with Gasteiger partial charge in [0.1, 0.15) is 0 Å². The molecule has 0 fully saturated rings. The lowest BCUT2D eigenvalue weighted by atomic mass is 10.2. The van der Waals surface area contributed by atoms with E-state index >= 15 is 0 Å². The highest BCUT2D eigenvalue weighted by Crippen LogP contribution is 2.12. The first-order valence-corrected chi connectivity index (χ1v) is 6.63. The van der Waals surface area contributed by atoms with Gasteiger partial charge in [-0.1, -0.05) is 30.7 Å². The van der Waals surface area contributed by atoms with Crippen molar-refractivity contribution in [3.05, 3.63) is 47.1 Å². The summed E-state index contributed by atoms with van der Waals surface area (Å²) in [4.78, 5) is 11.4. The molecule has 0 aliphatic heterocycles. The topological polar surface area (TPSA) is 46.9 Å². The maximum atomic E-state index is 11.4. The van der Waals surface area contributed by atoms with Gasteiger partial charge >= 0.3 is 0 Å². The van der Waals surface area contributed by atoms with Crippen LogP contribution in [-0.4, -0.2) is 15.7 Å². The molecule has 0 saturated carbocycles. The van der Waals surface area contributed by atoms with Crippen LogP contribution in [0.2, 0.25) is 5.02 Å². The molecule has 0 aliphatic rings. The Morgan fingerprint density at radius 3 is 3.00 bits per heavy atom. The van der Waals surface area contributed by atoms with Gasteiger partial charge in [-0.15, -0.1) is 0 Å². The molecule has 4 nitrogen and oxygen atoms in total. The van der Waals surface area contributed by atoms with Gasteiger partial charge in [-0.2, -0.15) is 5.10 Å². The maximum Gasteiger partial charge on any atom is 0.225 e. The summed E-state index contributed by atoms with van der Waals surface area (Å²) in [5.41, 5.74) is 1.07. The molecule has 0 unspecified atom stereocenters. The molecule has 2 rings (SSSR count). The molecule has 1 N–H and O–H groups in total. The van der Waals surface area contributed by atoms with Gasteiger partial charge < -0.3 is 5.32 Å². The first-order chi connectivity index (χ1) is 9.17. The molecule has 0 aliphatic carbocycles. The van der Waals surface area contributed by atoms with Gasteiger partial charge in [0, 0.05) is 23.7 Å². The van der Waals surface area contributed by atoms with Crippen LogP contribution in [0.3, 0.4) is 0 Å². The third-order valence-electron chi connectivity index (χ3n) is 2.62. The SMILES string of the molecule is CCCC(=O)Nc1ccn(Cc2cccc(Cl)c2)n1. The number of anilines is 1. The minimum Gasteiger partial charge on any atom is -0.309 e. The smallest absolute Gasteiger partial charge is 0.225 e. The van der Waals surface area contributed by atoms with E-state index in [4.69, 9.17) is 11.6 Å².